The molecule has 0 saturated carbocycles. The van der Waals surface area contributed by atoms with Crippen LogP contribution in [0.25, 0.3) is 0 Å². The van der Waals surface area contributed by atoms with Gasteiger partial charge in [-0.25, -0.2) is 4.79 Å². The van der Waals surface area contributed by atoms with Crippen molar-refractivity contribution in [1.29, 1.82) is 0 Å². The molecule has 152 valence electrons. The van der Waals surface area contributed by atoms with Gasteiger partial charge in [0.2, 0.25) is 0 Å². The summed E-state index contributed by atoms with van der Waals surface area (Å²) in [7, 11) is 3.18. The lowest BCUT2D eigenvalue weighted by atomic mass is 9.96. The van der Waals surface area contributed by atoms with Crippen molar-refractivity contribution in [3.8, 4) is 0 Å². The second-order valence-electron chi connectivity index (χ2n) is 6.23. The molecule has 1 aromatic carbocycles. The lowest BCUT2D eigenvalue weighted by Gasteiger charge is -2.21. The van der Waals surface area contributed by atoms with Gasteiger partial charge in [-0.3, -0.25) is 0 Å². The first-order valence-electron chi connectivity index (χ1n) is 8.84. The summed E-state index contributed by atoms with van der Waals surface area (Å²) in [6.45, 7) is 0.0498. The quantitative estimate of drug-likeness (QED) is 0.218. The summed E-state index contributed by atoms with van der Waals surface area (Å²) in [5, 5.41) is 12.8. The fraction of sp³-hybridized carbons (Fsp3) is 0.350. The maximum Gasteiger partial charge on any atom is 0.330 e. The molecule has 8 heteroatoms. The molecule has 0 amide bonds. The van der Waals surface area contributed by atoms with E-state index in [-0.39, 0.29) is 25.0 Å². The van der Waals surface area contributed by atoms with Crippen molar-refractivity contribution in [3.63, 3.8) is 0 Å². The van der Waals surface area contributed by atoms with Gasteiger partial charge in [0.25, 0.3) is 0 Å². The number of esters is 1. The van der Waals surface area contributed by atoms with Gasteiger partial charge in [-0.15, -0.1) is 0 Å². The van der Waals surface area contributed by atoms with E-state index in [1.807, 2.05) is 18.2 Å². The van der Waals surface area contributed by atoms with Crippen LogP contribution in [-0.4, -0.2) is 44.2 Å². The minimum Gasteiger partial charge on any atom is -0.497 e. The standard InChI is InChI=1S/C20H27N3O5/c1-26-15-6-3-13(18(12-15)27-2)4-8-20(25)28-10-9-19(24)23-17-7-5-14(21)11-16(17)22/h3-8,11-13,18-19,23-24H,9-10,21-22H2,1-2H3/b8-4+. The number of hydrogen-bond acceptors (Lipinski definition) is 8. The Morgan fingerprint density at radius 2 is 2.14 bits per heavy atom. The fourth-order valence-electron chi connectivity index (χ4n) is 2.65. The Kier molecular flexibility index (Phi) is 7.91. The predicted molar refractivity (Wildman–Crippen MR) is 108 cm³/mol. The molecule has 1 aliphatic carbocycles. The van der Waals surface area contributed by atoms with E-state index in [0.29, 0.717) is 22.8 Å². The van der Waals surface area contributed by atoms with Gasteiger partial charge in [-0.2, -0.15) is 0 Å². The minimum atomic E-state index is -0.917. The summed E-state index contributed by atoms with van der Waals surface area (Å²) in [6.07, 6.45) is 7.67. The van der Waals surface area contributed by atoms with Crippen LogP contribution >= 0.6 is 0 Å². The molecule has 0 bridgehead atoms. The van der Waals surface area contributed by atoms with Crippen LogP contribution in [0.2, 0.25) is 0 Å². The highest BCUT2D eigenvalue weighted by Gasteiger charge is 2.19. The Morgan fingerprint density at radius 3 is 2.82 bits per heavy atom. The minimum absolute atomic E-state index is 0.0498. The predicted octanol–water partition coefficient (Wildman–Crippen LogP) is 1.80. The molecule has 8 nitrogen and oxygen atoms in total. The lowest BCUT2D eigenvalue weighted by molar-refractivity contribution is -0.138. The normalized spacial score (nSPS) is 19.9. The molecule has 0 aliphatic heterocycles. The van der Waals surface area contributed by atoms with E-state index in [2.05, 4.69) is 5.32 Å². The van der Waals surface area contributed by atoms with Gasteiger partial charge in [0.15, 0.2) is 0 Å². The molecule has 0 aromatic heterocycles. The van der Waals surface area contributed by atoms with Gasteiger partial charge < -0.3 is 36.1 Å². The lowest BCUT2D eigenvalue weighted by Crippen LogP contribution is -2.22. The molecule has 0 spiro atoms. The van der Waals surface area contributed by atoms with Gasteiger partial charge in [-0.1, -0.05) is 12.2 Å². The number of nitrogens with two attached hydrogens (primary N) is 2. The third-order valence-electron chi connectivity index (χ3n) is 4.19. The number of nitrogen functional groups attached to an aromatic ring is 2. The zero-order chi connectivity index (χ0) is 20.5. The van der Waals surface area contributed by atoms with E-state index >= 15 is 0 Å². The second kappa shape index (κ2) is 10.4. The van der Waals surface area contributed by atoms with Crippen LogP contribution in [0.1, 0.15) is 6.42 Å². The van der Waals surface area contributed by atoms with Crippen LogP contribution < -0.4 is 16.8 Å². The molecular weight excluding hydrogens is 362 g/mol. The van der Waals surface area contributed by atoms with Gasteiger partial charge in [-0.05, 0) is 30.4 Å². The average molecular weight is 389 g/mol. The molecule has 1 aromatic rings. The van der Waals surface area contributed by atoms with Crippen molar-refractivity contribution < 1.29 is 24.1 Å². The molecular formula is C20H27N3O5. The highest BCUT2D eigenvalue weighted by atomic mass is 16.5. The zero-order valence-electron chi connectivity index (χ0n) is 16.0. The maximum atomic E-state index is 11.9. The number of carbonyl (C=O) groups excluding carboxylic acids is 1. The Morgan fingerprint density at radius 1 is 1.36 bits per heavy atom. The number of benzene rings is 1. The monoisotopic (exact) mass is 389 g/mol. The number of allylic oxidation sites excluding steroid dienone is 1. The van der Waals surface area contributed by atoms with Crippen LogP contribution in [0.4, 0.5) is 17.1 Å². The summed E-state index contributed by atoms with van der Waals surface area (Å²) in [5.74, 6) is 0.114. The number of anilines is 3. The molecule has 0 saturated heterocycles. The summed E-state index contributed by atoms with van der Waals surface area (Å²) in [5.41, 5.74) is 13.0. The summed E-state index contributed by atoms with van der Waals surface area (Å²) in [4.78, 5) is 11.9. The summed E-state index contributed by atoms with van der Waals surface area (Å²) >= 11 is 0. The van der Waals surface area contributed by atoms with Crippen LogP contribution in [0, 0.1) is 5.92 Å². The van der Waals surface area contributed by atoms with E-state index in [9.17, 15) is 9.90 Å². The van der Waals surface area contributed by atoms with Crippen molar-refractivity contribution in [2.45, 2.75) is 18.8 Å². The first-order valence-corrected chi connectivity index (χ1v) is 8.84. The summed E-state index contributed by atoms with van der Waals surface area (Å²) in [6, 6.07) is 4.95. The number of aliphatic hydroxyl groups is 1. The molecule has 1 aliphatic rings. The maximum absolute atomic E-state index is 11.9. The molecule has 3 unspecified atom stereocenters. The number of methoxy groups -OCH3 is 2. The van der Waals surface area contributed by atoms with Gasteiger partial charge in [0, 0.05) is 31.2 Å². The molecule has 0 heterocycles. The molecule has 3 atom stereocenters. The van der Waals surface area contributed by atoms with Crippen molar-refractivity contribution in [2.75, 3.05) is 37.6 Å². The van der Waals surface area contributed by atoms with E-state index in [0.717, 1.165) is 0 Å². The average Bonchev–Trinajstić information content (AvgIpc) is 2.68. The second-order valence-corrected chi connectivity index (χ2v) is 6.23. The molecule has 0 fully saturated rings. The number of hydrogen-bond donors (Lipinski definition) is 4. The molecule has 28 heavy (non-hydrogen) atoms. The number of carbonyl (C=O) groups is 1. The smallest absolute Gasteiger partial charge is 0.330 e. The van der Waals surface area contributed by atoms with E-state index in [4.69, 9.17) is 25.7 Å². The number of nitrogens with one attached hydrogen (secondary N) is 1. The Bertz CT molecular complexity index is 760. The Balaban J connectivity index is 1.75. The van der Waals surface area contributed by atoms with Crippen molar-refractivity contribution in [2.24, 2.45) is 5.92 Å². The highest BCUT2D eigenvalue weighted by molar-refractivity contribution is 5.82. The van der Waals surface area contributed by atoms with E-state index in [1.54, 1.807) is 38.5 Å². The first kappa shape index (κ1) is 21.3. The fourth-order valence-corrected chi connectivity index (χ4v) is 2.65. The molecule has 2 rings (SSSR count). The van der Waals surface area contributed by atoms with Crippen LogP contribution in [-0.2, 0) is 19.0 Å². The van der Waals surface area contributed by atoms with Crippen LogP contribution in [0.3, 0.4) is 0 Å². The van der Waals surface area contributed by atoms with Gasteiger partial charge >= 0.3 is 5.97 Å². The highest BCUT2D eigenvalue weighted by Crippen LogP contribution is 2.22. The zero-order valence-corrected chi connectivity index (χ0v) is 16.0. The van der Waals surface area contributed by atoms with Gasteiger partial charge in [0.1, 0.15) is 12.0 Å². The third-order valence-corrected chi connectivity index (χ3v) is 4.19. The number of rotatable bonds is 9. The van der Waals surface area contributed by atoms with Crippen molar-refractivity contribution in [3.05, 3.63) is 54.3 Å². The van der Waals surface area contributed by atoms with Gasteiger partial charge in [0.05, 0.1) is 31.2 Å². The Labute approximate surface area is 164 Å². The summed E-state index contributed by atoms with van der Waals surface area (Å²) < 4.78 is 15.7. The number of aliphatic hydroxyl groups excluding tert-OH is 1. The van der Waals surface area contributed by atoms with Crippen molar-refractivity contribution in [1.82, 2.24) is 0 Å². The first-order chi connectivity index (χ1) is 13.4. The Hall–Kier alpha value is -2.97. The molecule has 6 N–H and O–H groups in total. The van der Waals surface area contributed by atoms with E-state index < -0.39 is 12.2 Å². The van der Waals surface area contributed by atoms with E-state index in [1.165, 1.54) is 6.08 Å². The van der Waals surface area contributed by atoms with Crippen molar-refractivity contribution >= 4 is 23.0 Å². The van der Waals surface area contributed by atoms with Crippen LogP contribution in [0.5, 0.6) is 0 Å². The van der Waals surface area contributed by atoms with Crippen LogP contribution in [0.15, 0.2) is 54.3 Å². The topological polar surface area (TPSA) is 129 Å². The molecule has 0 radical (unpaired) electrons. The largest absolute Gasteiger partial charge is 0.497 e. The third kappa shape index (κ3) is 6.33. The SMILES string of the molecule is COC1=CC(OC)C(/C=C/C(=O)OCCC(O)Nc2ccc(N)cc2N)C=C1. The number of ether oxygens (including phenoxy) is 3.